The second-order valence-corrected chi connectivity index (χ2v) is 10.3. The number of aliphatic hydroxyl groups is 1. The maximum Gasteiger partial charge on any atom is 0.306 e. The Bertz CT molecular complexity index is 795. The van der Waals surface area contributed by atoms with Gasteiger partial charge in [0.15, 0.2) is 0 Å². The molecule has 4 atom stereocenters. The number of carbonyl (C=O) groups excluding carboxylic acids is 2. The molecule has 0 aliphatic heterocycles. The smallest absolute Gasteiger partial charge is 0.306 e. The summed E-state index contributed by atoms with van der Waals surface area (Å²) in [6.45, 7) is 4.11. The summed E-state index contributed by atoms with van der Waals surface area (Å²) in [6, 6.07) is 7.38. The highest BCUT2D eigenvalue weighted by Crippen LogP contribution is 2.41. The van der Waals surface area contributed by atoms with Gasteiger partial charge in [-0.1, -0.05) is 51.7 Å². The number of ketones is 1. The van der Waals surface area contributed by atoms with Crippen molar-refractivity contribution in [3.63, 3.8) is 0 Å². The molecule has 1 saturated carbocycles. The molecule has 0 heterocycles. The van der Waals surface area contributed by atoms with Gasteiger partial charge in [0.1, 0.15) is 24.2 Å². The highest BCUT2D eigenvalue weighted by molar-refractivity contribution is 5.83. The number of unbranched alkanes of at least 4 members (excludes halogenated alkanes) is 4. The predicted octanol–water partition coefficient (Wildman–Crippen LogP) is 6.89. The normalized spacial score (nSPS) is 20.9. The van der Waals surface area contributed by atoms with Gasteiger partial charge >= 0.3 is 5.97 Å². The molecule has 1 unspecified atom stereocenters. The average molecular weight is 511 g/mol. The first-order chi connectivity index (χ1) is 17.2. The van der Waals surface area contributed by atoms with Crippen molar-refractivity contribution in [2.24, 2.45) is 17.8 Å². The van der Waals surface area contributed by atoms with E-state index >= 15 is 0 Å². The van der Waals surface area contributed by atoms with E-state index in [1.54, 1.807) is 7.11 Å². The first kappa shape index (κ1) is 30.2. The molecule has 2 rings (SSSR count). The average Bonchev–Trinajstić information content (AvgIpc) is 3.13. The summed E-state index contributed by atoms with van der Waals surface area (Å²) in [5.41, 5.74) is 0.909. The zero-order chi connectivity index (χ0) is 26.6. The second-order valence-electron chi connectivity index (χ2n) is 10.3. The third-order valence-electron chi connectivity index (χ3n) is 7.51. The van der Waals surface area contributed by atoms with Crippen LogP contribution >= 0.6 is 0 Å². The standard InChI is InChI=1S/C29H44F2O5/c1-4-5-18-29(30,31)27(33)17-16-24-21(2)19-26(32)25(24)10-8-6-7-9-11-28(34)36-20-22-12-14-23(35-3)15-13-22/h12-15,21,24-25,27,33H,4-11,16-20H2,1-3H3/t21-,24+,25-,27?/m1/s1. The molecular weight excluding hydrogens is 466 g/mol. The first-order valence-corrected chi connectivity index (χ1v) is 13.5. The molecule has 36 heavy (non-hydrogen) atoms. The van der Waals surface area contributed by atoms with Crippen LogP contribution in [0.4, 0.5) is 8.78 Å². The number of ether oxygens (including phenoxy) is 2. The fourth-order valence-electron chi connectivity index (χ4n) is 5.20. The second kappa shape index (κ2) is 15.3. The molecule has 1 aromatic rings. The van der Waals surface area contributed by atoms with Crippen LogP contribution in [-0.4, -0.2) is 36.0 Å². The number of Topliss-reactive ketones (excluding diaryl/α,β-unsaturated/α-hetero) is 1. The Morgan fingerprint density at radius 1 is 1.11 bits per heavy atom. The molecule has 1 fully saturated rings. The van der Waals surface area contributed by atoms with Crippen LogP contribution in [0.5, 0.6) is 5.75 Å². The SMILES string of the molecule is CCCCC(F)(F)C(O)CC[C@H]1[C@H](C)CC(=O)[C@@H]1CCCCCCC(=O)OCc1ccc(OC)cc1. The number of carbonyl (C=O) groups is 2. The summed E-state index contributed by atoms with van der Waals surface area (Å²) in [6.07, 6.45) is 4.63. The van der Waals surface area contributed by atoms with Gasteiger partial charge in [0.2, 0.25) is 0 Å². The summed E-state index contributed by atoms with van der Waals surface area (Å²) < 4.78 is 38.7. The van der Waals surface area contributed by atoms with Crippen molar-refractivity contribution in [3.05, 3.63) is 29.8 Å². The third-order valence-corrected chi connectivity index (χ3v) is 7.51. The number of alkyl halides is 2. The number of esters is 1. The molecule has 0 bridgehead atoms. The number of hydrogen-bond acceptors (Lipinski definition) is 5. The molecule has 204 valence electrons. The Balaban J connectivity index is 1.64. The van der Waals surface area contributed by atoms with Gasteiger partial charge in [-0.25, -0.2) is 8.78 Å². The topological polar surface area (TPSA) is 72.8 Å². The Morgan fingerprint density at radius 2 is 1.81 bits per heavy atom. The number of aliphatic hydroxyl groups excluding tert-OH is 1. The van der Waals surface area contributed by atoms with Gasteiger partial charge in [-0.3, -0.25) is 9.59 Å². The van der Waals surface area contributed by atoms with Gasteiger partial charge in [0, 0.05) is 25.2 Å². The Labute approximate surface area is 214 Å². The molecule has 0 spiro atoms. The minimum atomic E-state index is -3.06. The molecular formula is C29H44F2O5. The van der Waals surface area contributed by atoms with Crippen molar-refractivity contribution in [2.45, 2.75) is 110 Å². The molecule has 0 amide bonds. The van der Waals surface area contributed by atoms with Gasteiger partial charge < -0.3 is 14.6 Å². The van der Waals surface area contributed by atoms with E-state index in [1.807, 2.05) is 38.1 Å². The highest BCUT2D eigenvalue weighted by atomic mass is 19.3. The molecule has 5 nitrogen and oxygen atoms in total. The molecule has 0 radical (unpaired) electrons. The van der Waals surface area contributed by atoms with Gasteiger partial charge in [-0.15, -0.1) is 0 Å². The van der Waals surface area contributed by atoms with Crippen LogP contribution in [0.15, 0.2) is 24.3 Å². The number of hydrogen-bond donors (Lipinski definition) is 1. The third kappa shape index (κ3) is 9.79. The van der Waals surface area contributed by atoms with Crippen LogP contribution in [0.2, 0.25) is 0 Å². The summed E-state index contributed by atoms with van der Waals surface area (Å²) in [4.78, 5) is 24.5. The van der Waals surface area contributed by atoms with Crippen LogP contribution in [-0.2, 0) is 20.9 Å². The van der Waals surface area contributed by atoms with Gasteiger partial charge in [-0.05, 0) is 61.6 Å². The highest BCUT2D eigenvalue weighted by Gasteiger charge is 2.42. The Morgan fingerprint density at radius 3 is 2.47 bits per heavy atom. The largest absolute Gasteiger partial charge is 0.497 e. The molecule has 1 aromatic carbocycles. The van der Waals surface area contributed by atoms with E-state index in [9.17, 15) is 23.5 Å². The van der Waals surface area contributed by atoms with Crippen molar-refractivity contribution < 1.29 is 33.0 Å². The fraction of sp³-hybridized carbons (Fsp3) is 0.724. The summed E-state index contributed by atoms with van der Waals surface area (Å²) in [5.74, 6) is -2.19. The van der Waals surface area contributed by atoms with Crippen LogP contribution in [0.25, 0.3) is 0 Å². The van der Waals surface area contributed by atoms with E-state index in [4.69, 9.17) is 9.47 Å². The van der Waals surface area contributed by atoms with Crippen molar-refractivity contribution in [1.29, 1.82) is 0 Å². The maximum absolute atomic E-state index is 14.1. The monoisotopic (exact) mass is 510 g/mol. The van der Waals surface area contributed by atoms with E-state index in [-0.39, 0.29) is 49.0 Å². The maximum atomic E-state index is 14.1. The lowest BCUT2D eigenvalue weighted by atomic mass is 9.82. The zero-order valence-electron chi connectivity index (χ0n) is 22.1. The first-order valence-electron chi connectivity index (χ1n) is 13.5. The summed E-state index contributed by atoms with van der Waals surface area (Å²) >= 11 is 0. The van der Waals surface area contributed by atoms with Crippen LogP contribution < -0.4 is 4.74 Å². The van der Waals surface area contributed by atoms with E-state index in [0.717, 1.165) is 43.4 Å². The fourth-order valence-corrected chi connectivity index (χ4v) is 5.20. The number of rotatable bonds is 17. The van der Waals surface area contributed by atoms with Crippen molar-refractivity contribution >= 4 is 11.8 Å². The Kier molecular flexibility index (Phi) is 12.8. The van der Waals surface area contributed by atoms with E-state index in [2.05, 4.69) is 0 Å². The minimum absolute atomic E-state index is 0.0359. The van der Waals surface area contributed by atoms with Gasteiger partial charge in [0.05, 0.1) is 7.11 Å². The van der Waals surface area contributed by atoms with Crippen LogP contribution in [0.3, 0.4) is 0 Å². The van der Waals surface area contributed by atoms with Gasteiger partial charge in [0.25, 0.3) is 5.92 Å². The summed E-state index contributed by atoms with van der Waals surface area (Å²) in [5, 5.41) is 10.1. The lowest BCUT2D eigenvalue weighted by Gasteiger charge is -2.26. The quantitative estimate of drug-likeness (QED) is 0.183. The number of methoxy groups -OCH3 is 1. The molecule has 0 saturated heterocycles. The molecule has 7 heteroatoms. The number of halogens is 2. The zero-order valence-corrected chi connectivity index (χ0v) is 22.1. The lowest BCUT2D eigenvalue weighted by Crippen LogP contribution is -2.34. The van der Waals surface area contributed by atoms with Gasteiger partial charge in [-0.2, -0.15) is 0 Å². The van der Waals surface area contributed by atoms with Crippen molar-refractivity contribution in [1.82, 2.24) is 0 Å². The van der Waals surface area contributed by atoms with E-state index in [1.165, 1.54) is 0 Å². The summed E-state index contributed by atoms with van der Waals surface area (Å²) in [7, 11) is 1.60. The van der Waals surface area contributed by atoms with Crippen molar-refractivity contribution in [2.75, 3.05) is 7.11 Å². The molecule has 1 aliphatic rings. The lowest BCUT2D eigenvalue weighted by molar-refractivity contribution is -0.145. The minimum Gasteiger partial charge on any atom is -0.497 e. The number of benzene rings is 1. The Hall–Kier alpha value is -2.02. The van der Waals surface area contributed by atoms with Crippen LogP contribution in [0, 0.1) is 17.8 Å². The molecule has 1 N–H and O–H groups in total. The predicted molar refractivity (Wildman–Crippen MR) is 136 cm³/mol. The van der Waals surface area contributed by atoms with Crippen LogP contribution in [0.1, 0.15) is 96.5 Å². The van der Waals surface area contributed by atoms with E-state index in [0.29, 0.717) is 32.1 Å². The van der Waals surface area contributed by atoms with Crippen molar-refractivity contribution in [3.8, 4) is 5.75 Å². The molecule has 0 aromatic heterocycles. The molecule has 1 aliphatic carbocycles. The van der Waals surface area contributed by atoms with E-state index < -0.39 is 12.0 Å².